The average Bonchev–Trinajstić information content (AvgIpc) is 2.48. The zero-order chi connectivity index (χ0) is 15.4. The molecule has 2 heterocycles. The van der Waals surface area contributed by atoms with Gasteiger partial charge in [0.2, 0.25) is 0 Å². The Bertz CT molecular complexity index is 642. The number of pyridine rings is 2. The monoisotopic (exact) mass is 304 g/mol. The zero-order valence-corrected chi connectivity index (χ0v) is 13.0. The van der Waals surface area contributed by atoms with E-state index in [4.69, 9.17) is 16.3 Å². The standard InChI is InChI=1S/C16H17ClN2O2/c1-4-21-16(20)13-9-12(11-5-7-18-8-6-11)14(10(2)3)19-15(13)17/h5-10H,4H2,1-3H3. The van der Waals surface area contributed by atoms with E-state index in [2.05, 4.69) is 9.97 Å². The van der Waals surface area contributed by atoms with Crippen LogP contribution in [-0.4, -0.2) is 22.5 Å². The highest BCUT2D eigenvalue weighted by Crippen LogP contribution is 2.31. The van der Waals surface area contributed by atoms with Crippen LogP contribution in [0.5, 0.6) is 0 Å². The van der Waals surface area contributed by atoms with E-state index in [-0.39, 0.29) is 16.6 Å². The third-order valence-electron chi connectivity index (χ3n) is 3.04. The molecule has 0 bridgehead atoms. The second kappa shape index (κ2) is 6.68. The van der Waals surface area contributed by atoms with Crippen LogP contribution in [0.15, 0.2) is 30.6 Å². The molecular weight excluding hydrogens is 288 g/mol. The second-order valence-corrected chi connectivity index (χ2v) is 5.23. The van der Waals surface area contributed by atoms with Crippen molar-refractivity contribution < 1.29 is 9.53 Å². The molecule has 0 saturated carbocycles. The van der Waals surface area contributed by atoms with Crippen LogP contribution in [-0.2, 0) is 4.74 Å². The molecule has 0 aliphatic rings. The van der Waals surface area contributed by atoms with Crippen LogP contribution in [0, 0.1) is 0 Å². The highest BCUT2D eigenvalue weighted by molar-refractivity contribution is 6.32. The van der Waals surface area contributed by atoms with Gasteiger partial charge >= 0.3 is 5.97 Å². The Morgan fingerprint density at radius 1 is 1.33 bits per heavy atom. The smallest absolute Gasteiger partial charge is 0.341 e. The zero-order valence-electron chi connectivity index (χ0n) is 12.3. The number of carbonyl (C=O) groups excluding carboxylic acids is 1. The molecule has 0 fully saturated rings. The van der Waals surface area contributed by atoms with Crippen molar-refractivity contribution in [3.05, 3.63) is 47.0 Å². The Balaban J connectivity index is 2.60. The van der Waals surface area contributed by atoms with Crippen LogP contribution in [0.4, 0.5) is 0 Å². The number of ether oxygens (including phenoxy) is 1. The van der Waals surface area contributed by atoms with E-state index in [1.807, 2.05) is 26.0 Å². The van der Waals surface area contributed by atoms with E-state index in [0.29, 0.717) is 6.61 Å². The normalized spacial score (nSPS) is 10.7. The van der Waals surface area contributed by atoms with Crippen molar-refractivity contribution in [2.45, 2.75) is 26.7 Å². The minimum Gasteiger partial charge on any atom is -0.462 e. The molecule has 0 aliphatic carbocycles. The third-order valence-corrected chi connectivity index (χ3v) is 3.33. The largest absolute Gasteiger partial charge is 0.462 e. The highest BCUT2D eigenvalue weighted by Gasteiger charge is 2.19. The molecule has 2 aromatic heterocycles. The number of aromatic nitrogens is 2. The molecule has 2 rings (SSSR count). The van der Waals surface area contributed by atoms with Gasteiger partial charge < -0.3 is 4.74 Å². The lowest BCUT2D eigenvalue weighted by molar-refractivity contribution is 0.0526. The maximum Gasteiger partial charge on any atom is 0.341 e. The van der Waals surface area contributed by atoms with Crippen molar-refractivity contribution in [3.63, 3.8) is 0 Å². The van der Waals surface area contributed by atoms with E-state index in [9.17, 15) is 4.79 Å². The summed E-state index contributed by atoms with van der Waals surface area (Å²) in [6.07, 6.45) is 3.41. The molecule has 0 aliphatic heterocycles. The first-order valence-electron chi connectivity index (χ1n) is 6.82. The fourth-order valence-corrected chi connectivity index (χ4v) is 2.28. The minimum atomic E-state index is -0.458. The van der Waals surface area contributed by atoms with Crippen molar-refractivity contribution in [3.8, 4) is 11.1 Å². The quantitative estimate of drug-likeness (QED) is 0.630. The van der Waals surface area contributed by atoms with Crippen LogP contribution in [0.25, 0.3) is 11.1 Å². The number of carbonyl (C=O) groups is 1. The lowest BCUT2D eigenvalue weighted by Crippen LogP contribution is -2.09. The number of rotatable bonds is 4. The Hall–Kier alpha value is -1.94. The molecule has 0 amide bonds. The number of hydrogen-bond donors (Lipinski definition) is 0. The van der Waals surface area contributed by atoms with Crippen LogP contribution in [0.1, 0.15) is 42.7 Å². The van der Waals surface area contributed by atoms with Crippen molar-refractivity contribution in [2.75, 3.05) is 6.61 Å². The van der Waals surface area contributed by atoms with E-state index >= 15 is 0 Å². The van der Waals surface area contributed by atoms with E-state index < -0.39 is 5.97 Å². The van der Waals surface area contributed by atoms with Gasteiger partial charge in [0.1, 0.15) is 5.15 Å². The molecule has 0 atom stereocenters. The molecule has 0 saturated heterocycles. The lowest BCUT2D eigenvalue weighted by atomic mass is 9.97. The van der Waals surface area contributed by atoms with E-state index in [1.54, 1.807) is 25.4 Å². The van der Waals surface area contributed by atoms with E-state index in [1.165, 1.54) is 0 Å². The van der Waals surface area contributed by atoms with Crippen LogP contribution < -0.4 is 0 Å². The molecule has 2 aromatic rings. The highest BCUT2D eigenvalue weighted by atomic mass is 35.5. The summed E-state index contributed by atoms with van der Waals surface area (Å²) in [5, 5.41) is 0.176. The van der Waals surface area contributed by atoms with Crippen LogP contribution in [0.3, 0.4) is 0 Å². The molecular formula is C16H17ClN2O2. The summed E-state index contributed by atoms with van der Waals surface area (Å²) in [7, 11) is 0. The average molecular weight is 305 g/mol. The predicted octanol–water partition coefficient (Wildman–Crippen LogP) is 4.10. The third kappa shape index (κ3) is 3.39. The van der Waals surface area contributed by atoms with Gasteiger partial charge in [0.05, 0.1) is 17.9 Å². The van der Waals surface area contributed by atoms with Gasteiger partial charge in [0.25, 0.3) is 0 Å². The van der Waals surface area contributed by atoms with Gasteiger partial charge in [-0.2, -0.15) is 0 Å². The van der Waals surface area contributed by atoms with Crippen LogP contribution >= 0.6 is 11.6 Å². The number of esters is 1. The van der Waals surface area contributed by atoms with Gasteiger partial charge in [-0.05, 0) is 36.6 Å². The first-order chi connectivity index (χ1) is 10.0. The van der Waals surface area contributed by atoms with Gasteiger partial charge in [-0.25, -0.2) is 9.78 Å². The van der Waals surface area contributed by atoms with Gasteiger partial charge in [-0.3, -0.25) is 4.98 Å². The topological polar surface area (TPSA) is 52.1 Å². The fraction of sp³-hybridized carbons (Fsp3) is 0.312. The first-order valence-corrected chi connectivity index (χ1v) is 7.20. The maximum absolute atomic E-state index is 12.0. The molecule has 21 heavy (non-hydrogen) atoms. The summed E-state index contributed by atoms with van der Waals surface area (Å²) in [6.45, 7) is 6.12. The summed E-state index contributed by atoms with van der Waals surface area (Å²) in [4.78, 5) is 20.4. The van der Waals surface area contributed by atoms with Crippen molar-refractivity contribution >= 4 is 17.6 Å². The Labute approximate surface area is 129 Å². The second-order valence-electron chi connectivity index (χ2n) is 4.87. The Morgan fingerprint density at radius 3 is 2.57 bits per heavy atom. The van der Waals surface area contributed by atoms with Crippen LogP contribution in [0.2, 0.25) is 5.15 Å². The first kappa shape index (κ1) is 15.4. The number of hydrogen-bond acceptors (Lipinski definition) is 4. The summed E-state index contributed by atoms with van der Waals surface area (Å²) >= 11 is 6.14. The molecule has 0 aromatic carbocycles. The predicted molar refractivity (Wildman–Crippen MR) is 82.5 cm³/mol. The molecule has 110 valence electrons. The number of halogens is 1. The number of nitrogens with zero attached hydrogens (tertiary/aromatic N) is 2. The van der Waals surface area contributed by atoms with Crippen molar-refractivity contribution in [1.82, 2.24) is 9.97 Å². The lowest BCUT2D eigenvalue weighted by Gasteiger charge is -2.14. The minimum absolute atomic E-state index is 0.176. The van der Waals surface area contributed by atoms with E-state index in [0.717, 1.165) is 16.8 Å². The maximum atomic E-state index is 12.0. The van der Waals surface area contributed by atoms with Crippen molar-refractivity contribution in [2.24, 2.45) is 0 Å². The summed E-state index contributed by atoms with van der Waals surface area (Å²) < 4.78 is 5.02. The molecule has 0 radical (unpaired) electrons. The van der Waals surface area contributed by atoms with Gasteiger partial charge in [-0.1, -0.05) is 25.4 Å². The summed E-state index contributed by atoms with van der Waals surface area (Å²) in [5.74, 6) is -0.275. The Kier molecular flexibility index (Phi) is 4.91. The molecule has 4 nitrogen and oxygen atoms in total. The van der Waals surface area contributed by atoms with Gasteiger partial charge in [-0.15, -0.1) is 0 Å². The Morgan fingerprint density at radius 2 is 2.00 bits per heavy atom. The molecule has 5 heteroatoms. The van der Waals surface area contributed by atoms with Crippen molar-refractivity contribution in [1.29, 1.82) is 0 Å². The fourth-order valence-electron chi connectivity index (χ4n) is 2.06. The van der Waals surface area contributed by atoms with Gasteiger partial charge in [0.15, 0.2) is 0 Å². The van der Waals surface area contributed by atoms with Gasteiger partial charge in [0, 0.05) is 18.0 Å². The SMILES string of the molecule is CCOC(=O)c1cc(-c2ccncc2)c(C(C)C)nc1Cl. The molecule has 0 N–H and O–H groups in total. The summed E-state index contributed by atoms with van der Waals surface area (Å²) in [5.41, 5.74) is 2.96. The summed E-state index contributed by atoms with van der Waals surface area (Å²) in [6, 6.07) is 5.51. The molecule has 0 unspecified atom stereocenters. The molecule has 0 spiro atoms.